The van der Waals surface area contributed by atoms with Gasteiger partial charge in [-0.2, -0.15) is 0 Å². The molecule has 0 spiro atoms. The highest BCUT2D eigenvalue weighted by Crippen LogP contribution is 2.02. The Bertz CT molecular complexity index is 202. The van der Waals surface area contributed by atoms with Gasteiger partial charge in [0.15, 0.2) is 0 Å². The molecule has 82 valence electrons. The summed E-state index contributed by atoms with van der Waals surface area (Å²) in [4.78, 5) is 10.5. The summed E-state index contributed by atoms with van der Waals surface area (Å²) in [5, 5.41) is 11.7. The van der Waals surface area contributed by atoms with Gasteiger partial charge in [0.1, 0.15) is 0 Å². The molecule has 0 rings (SSSR count). The monoisotopic (exact) mass is 201 g/mol. The molecule has 0 bridgehead atoms. The quantitative estimate of drug-likeness (QED) is 0.600. The summed E-state index contributed by atoms with van der Waals surface area (Å²) in [6.45, 7) is 8.42. The molecule has 0 heterocycles. The van der Waals surface area contributed by atoms with Gasteiger partial charge >= 0.3 is 5.97 Å². The lowest BCUT2D eigenvalue weighted by molar-refractivity contribution is -0.132. The smallest absolute Gasteiger partial charge is 0.332 e. The zero-order chi connectivity index (χ0) is 11.1. The minimum atomic E-state index is -0.961. The van der Waals surface area contributed by atoms with Crippen LogP contribution in [0.1, 0.15) is 13.8 Å². The number of aliphatic carboxylic acids is 1. The molecule has 0 aromatic heterocycles. The fraction of sp³-hybridized carbons (Fsp3) is 0.700. The molecule has 4 heteroatoms. The van der Waals surface area contributed by atoms with Gasteiger partial charge in [0.05, 0.1) is 6.61 Å². The highest BCUT2D eigenvalue weighted by Gasteiger charge is 2.13. The number of methoxy groups -OCH3 is 1. The molecule has 0 fully saturated rings. The predicted octanol–water partition coefficient (Wildman–Crippen LogP) is 0.888. The number of hydrogen-bond donors (Lipinski definition) is 2. The van der Waals surface area contributed by atoms with Crippen molar-refractivity contribution in [3.05, 3.63) is 12.2 Å². The van der Waals surface area contributed by atoms with Crippen molar-refractivity contribution in [2.75, 3.05) is 20.3 Å². The number of hydrogen-bond acceptors (Lipinski definition) is 3. The van der Waals surface area contributed by atoms with Crippen LogP contribution >= 0.6 is 0 Å². The second-order valence-corrected chi connectivity index (χ2v) is 3.60. The zero-order valence-corrected chi connectivity index (χ0v) is 9.04. The number of carboxylic acids is 1. The van der Waals surface area contributed by atoms with Crippen molar-refractivity contribution in [1.29, 1.82) is 0 Å². The van der Waals surface area contributed by atoms with Crippen LogP contribution in [-0.4, -0.2) is 37.4 Å². The van der Waals surface area contributed by atoms with E-state index in [9.17, 15) is 4.79 Å². The fourth-order valence-corrected chi connectivity index (χ4v) is 0.997. The summed E-state index contributed by atoms with van der Waals surface area (Å²) in [5.74, 6) is -0.561. The third-order valence-corrected chi connectivity index (χ3v) is 2.03. The lowest BCUT2D eigenvalue weighted by atomic mass is 10.1. The summed E-state index contributed by atoms with van der Waals surface area (Å²) < 4.78 is 5.02. The average Bonchev–Trinajstić information content (AvgIpc) is 2.10. The lowest BCUT2D eigenvalue weighted by Crippen LogP contribution is -2.39. The summed E-state index contributed by atoms with van der Waals surface area (Å²) in [7, 11) is 1.63. The van der Waals surface area contributed by atoms with E-state index in [1.807, 2.05) is 0 Å². The second-order valence-electron chi connectivity index (χ2n) is 3.60. The molecule has 0 aromatic rings. The fourth-order valence-electron chi connectivity index (χ4n) is 0.997. The number of carboxylic acid groups (broad SMARTS) is 1. The summed E-state index contributed by atoms with van der Waals surface area (Å²) in [5.41, 5.74) is 0.173. The number of carbonyl (C=O) groups is 1. The van der Waals surface area contributed by atoms with E-state index in [1.54, 1.807) is 7.11 Å². The molecule has 0 aromatic carbocycles. The molecule has 0 amide bonds. The minimum Gasteiger partial charge on any atom is -0.478 e. The largest absolute Gasteiger partial charge is 0.478 e. The second kappa shape index (κ2) is 6.56. The van der Waals surface area contributed by atoms with E-state index in [-0.39, 0.29) is 11.6 Å². The number of nitrogens with one attached hydrogen (secondary N) is 1. The molecule has 0 radical (unpaired) electrons. The standard InChI is InChI=1S/C10H19NO3/c1-7(2)9(6-14-4)11-5-8(3)10(12)13/h7,9,11H,3,5-6H2,1-2,4H3,(H,12,13). The van der Waals surface area contributed by atoms with Gasteiger partial charge in [0.25, 0.3) is 0 Å². The maximum absolute atomic E-state index is 10.5. The van der Waals surface area contributed by atoms with Gasteiger partial charge in [-0.25, -0.2) is 4.79 Å². The number of rotatable bonds is 7. The van der Waals surface area contributed by atoms with E-state index in [2.05, 4.69) is 25.7 Å². The van der Waals surface area contributed by atoms with Gasteiger partial charge in [-0.1, -0.05) is 20.4 Å². The van der Waals surface area contributed by atoms with E-state index < -0.39 is 5.97 Å². The van der Waals surface area contributed by atoms with Crippen molar-refractivity contribution in [1.82, 2.24) is 5.32 Å². The molecule has 0 aliphatic rings. The van der Waals surface area contributed by atoms with Crippen molar-refractivity contribution >= 4 is 5.97 Å². The Morgan fingerprint density at radius 1 is 1.57 bits per heavy atom. The molecular weight excluding hydrogens is 182 g/mol. The first-order valence-corrected chi connectivity index (χ1v) is 4.62. The van der Waals surface area contributed by atoms with Crippen molar-refractivity contribution in [3.8, 4) is 0 Å². The lowest BCUT2D eigenvalue weighted by Gasteiger charge is -2.21. The van der Waals surface area contributed by atoms with E-state index in [1.165, 1.54) is 0 Å². The van der Waals surface area contributed by atoms with Gasteiger partial charge in [0, 0.05) is 25.3 Å². The Morgan fingerprint density at radius 3 is 2.50 bits per heavy atom. The molecule has 14 heavy (non-hydrogen) atoms. The van der Waals surface area contributed by atoms with Crippen LogP contribution in [0, 0.1) is 5.92 Å². The Labute approximate surface area is 85.0 Å². The van der Waals surface area contributed by atoms with Gasteiger partial charge in [0.2, 0.25) is 0 Å². The number of ether oxygens (including phenoxy) is 1. The zero-order valence-electron chi connectivity index (χ0n) is 9.04. The van der Waals surface area contributed by atoms with Crippen LogP contribution in [0.4, 0.5) is 0 Å². The molecule has 1 unspecified atom stereocenters. The van der Waals surface area contributed by atoms with Crippen molar-refractivity contribution in [2.45, 2.75) is 19.9 Å². The van der Waals surface area contributed by atoms with Gasteiger partial charge in [-0.15, -0.1) is 0 Å². The Balaban J connectivity index is 3.93. The van der Waals surface area contributed by atoms with E-state index >= 15 is 0 Å². The van der Waals surface area contributed by atoms with Gasteiger partial charge in [-0.3, -0.25) is 0 Å². The SMILES string of the molecule is C=C(CNC(COC)C(C)C)C(=O)O. The Kier molecular flexibility index (Phi) is 6.16. The minimum absolute atomic E-state index is 0.163. The Hall–Kier alpha value is -0.870. The third-order valence-electron chi connectivity index (χ3n) is 2.03. The first-order valence-electron chi connectivity index (χ1n) is 4.62. The van der Waals surface area contributed by atoms with Crippen LogP contribution in [0.15, 0.2) is 12.2 Å². The van der Waals surface area contributed by atoms with Crippen LogP contribution in [0.25, 0.3) is 0 Å². The topological polar surface area (TPSA) is 58.6 Å². The van der Waals surface area contributed by atoms with E-state index in [4.69, 9.17) is 9.84 Å². The molecule has 0 aliphatic carbocycles. The maximum Gasteiger partial charge on any atom is 0.332 e. The normalized spacial score (nSPS) is 12.9. The van der Waals surface area contributed by atoms with Crippen molar-refractivity contribution in [2.24, 2.45) is 5.92 Å². The van der Waals surface area contributed by atoms with Crippen LogP contribution in [0.3, 0.4) is 0 Å². The molecule has 0 saturated carbocycles. The molecule has 4 nitrogen and oxygen atoms in total. The molecule has 1 atom stereocenters. The summed E-state index contributed by atoms with van der Waals surface area (Å²) >= 11 is 0. The summed E-state index contributed by atoms with van der Waals surface area (Å²) in [6.07, 6.45) is 0. The van der Waals surface area contributed by atoms with Crippen molar-refractivity contribution < 1.29 is 14.6 Å². The first kappa shape index (κ1) is 13.1. The molecule has 0 aliphatic heterocycles. The summed E-state index contributed by atoms with van der Waals surface area (Å²) in [6, 6.07) is 0.163. The highest BCUT2D eigenvalue weighted by atomic mass is 16.5. The van der Waals surface area contributed by atoms with Crippen molar-refractivity contribution in [3.63, 3.8) is 0 Å². The van der Waals surface area contributed by atoms with E-state index in [0.717, 1.165) is 0 Å². The van der Waals surface area contributed by atoms with Crippen LogP contribution < -0.4 is 5.32 Å². The van der Waals surface area contributed by atoms with Gasteiger partial charge in [-0.05, 0) is 5.92 Å². The average molecular weight is 201 g/mol. The Morgan fingerprint density at radius 2 is 2.14 bits per heavy atom. The first-order chi connectivity index (χ1) is 6.49. The van der Waals surface area contributed by atoms with Crippen LogP contribution in [0.5, 0.6) is 0 Å². The van der Waals surface area contributed by atoms with Crippen LogP contribution in [0.2, 0.25) is 0 Å². The van der Waals surface area contributed by atoms with Crippen LogP contribution in [-0.2, 0) is 9.53 Å². The van der Waals surface area contributed by atoms with Gasteiger partial charge < -0.3 is 15.2 Å². The maximum atomic E-state index is 10.5. The molecule has 0 saturated heterocycles. The third kappa shape index (κ3) is 4.99. The molecular formula is C10H19NO3. The highest BCUT2D eigenvalue weighted by molar-refractivity contribution is 5.86. The predicted molar refractivity (Wildman–Crippen MR) is 55.3 cm³/mol. The van der Waals surface area contributed by atoms with E-state index in [0.29, 0.717) is 19.1 Å². The molecule has 2 N–H and O–H groups in total.